The number of amides is 1. The molecule has 156 valence electrons. The van der Waals surface area contributed by atoms with Crippen molar-refractivity contribution in [3.05, 3.63) is 41.0 Å². The molecule has 1 amide bonds. The molecule has 0 aromatic heterocycles. The zero-order valence-electron chi connectivity index (χ0n) is 17.6. The van der Waals surface area contributed by atoms with Crippen molar-refractivity contribution >= 4 is 21.6 Å². The van der Waals surface area contributed by atoms with Crippen LogP contribution in [0, 0.1) is 6.92 Å². The molecule has 6 heteroatoms. The van der Waals surface area contributed by atoms with Crippen LogP contribution >= 0.6 is 0 Å². The summed E-state index contributed by atoms with van der Waals surface area (Å²) in [4.78, 5) is 12.2. The van der Waals surface area contributed by atoms with Gasteiger partial charge in [-0.2, -0.15) is 0 Å². The molecule has 1 aliphatic carbocycles. The summed E-state index contributed by atoms with van der Waals surface area (Å²) in [5.74, 6) is 0.194. The molecule has 2 rings (SSSR count). The van der Waals surface area contributed by atoms with Crippen molar-refractivity contribution in [3.8, 4) is 0 Å². The van der Waals surface area contributed by atoms with Gasteiger partial charge < -0.3 is 5.32 Å². The van der Waals surface area contributed by atoms with Crippen LogP contribution in [0.3, 0.4) is 0 Å². The highest BCUT2D eigenvalue weighted by atomic mass is 32.2. The van der Waals surface area contributed by atoms with Crippen LogP contribution in [-0.4, -0.2) is 33.7 Å². The van der Waals surface area contributed by atoms with Gasteiger partial charge >= 0.3 is 0 Å². The maximum Gasteiger partial charge on any atom is 0.232 e. The van der Waals surface area contributed by atoms with Gasteiger partial charge in [0.05, 0.1) is 11.9 Å². The molecule has 0 atom stereocenters. The van der Waals surface area contributed by atoms with E-state index in [9.17, 15) is 13.2 Å². The number of nitrogens with one attached hydrogen (secondary N) is 1. The normalized spacial score (nSPS) is 14.7. The number of hydrogen-bond acceptors (Lipinski definition) is 3. The van der Waals surface area contributed by atoms with Gasteiger partial charge in [-0.15, -0.1) is 0 Å². The van der Waals surface area contributed by atoms with Crippen molar-refractivity contribution in [1.29, 1.82) is 0 Å². The maximum absolute atomic E-state index is 12.5. The Bertz CT molecular complexity index is 813. The van der Waals surface area contributed by atoms with Crippen molar-refractivity contribution < 1.29 is 13.2 Å². The van der Waals surface area contributed by atoms with E-state index >= 15 is 0 Å². The Balaban J connectivity index is 2.01. The predicted octanol–water partition coefficient (Wildman–Crippen LogP) is 4.28. The molecular weight excluding hydrogens is 372 g/mol. The largest absolute Gasteiger partial charge is 0.352 e. The molecule has 0 bridgehead atoms. The third-order valence-electron chi connectivity index (χ3n) is 5.20. The molecule has 0 spiro atoms. The average molecular weight is 407 g/mol. The number of anilines is 1. The highest BCUT2D eigenvalue weighted by molar-refractivity contribution is 7.92. The number of nitrogens with zero attached hydrogens (tertiary/aromatic N) is 1. The molecule has 28 heavy (non-hydrogen) atoms. The van der Waals surface area contributed by atoms with Crippen LogP contribution in [0.25, 0.3) is 0 Å². The minimum absolute atomic E-state index is 0.0196. The third kappa shape index (κ3) is 6.36. The number of allylic oxidation sites excluding steroid dienone is 1. The average Bonchev–Trinajstić information content (AvgIpc) is 2.63. The fraction of sp³-hybridized carbons (Fsp3) is 0.591. The van der Waals surface area contributed by atoms with Crippen LogP contribution in [0.5, 0.6) is 0 Å². The quantitative estimate of drug-likeness (QED) is 0.623. The van der Waals surface area contributed by atoms with Gasteiger partial charge in [0, 0.05) is 19.5 Å². The van der Waals surface area contributed by atoms with E-state index < -0.39 is 10.0 Å². The molecule has 0 fully saturated rings. The van der Waals surface area contributed by atoms with Gasteiger partial charge in [0.25, 0.3) is 0 Å². The van der Waals surface area contributed by atoms with E-state index in [2.05, 4.69) is 25.2 Å². The number of para-hydroxylation sites is 1. The first-order valence-corrected chi connectivity index (χ1v) is 12.1. The molecule has 1 aromatic rings. The van der Waals surface area contributed by atoms with Crippen LogP contribution in [0.2, 0.25) is 0 Å². The fourth-order valence-electron chi connectivity index (χ4n) is 3.68. The molecule has 1 N–H and O–H groups in total. The molecule has 0 unspecified atom stereocenters. The van der Waals surface area contributed by atoms with Crippen LogP contribution in [0.4, 0.5) is 5.69 Å². The Morgan fingerprint density at radius 2 is 2.00 bits per heavy atom. The monoisotopic (exact) mass is 406 g/mol. The Morgan fingerprint density at radius 3 is 2.61 bits per heavy atom. The Labute approximate surface area is 170 Å². The highest BCUT2D eigenvalue weighted by Crippen LogP contribution is 2.32. The highest BCUT2D eigenvalue weighted by Gasteiger charge is 2.23. The van der Waals surface area contributed by atoms with Crippen molar-refractivity contribution in [1.82, 2.24) is 5.32 Å². The van der Waals surface area contributed by atoms with Crippen molar-refractivity contribution in [2.75, 3.05) is 23.7 Å². The summed E-state index contributed by atoms with van der Waals surface area (Å²) in [5, 5.41) is 2.97. The lowest BCUT2D eigenvalue weighted by Gasteiger charge is -2.28. The maximum atomic E-state index is 12.5. The van der Waals surface area contributed by atoms with E-state index in [1.54, 1.807) is 0 Å². The SMILES string of the molecule is Cc1cccc(C(C)C)c1N(CCCC(=O)NCC1=CCCCC1)S(C)(=O)=O. The zero-order chi connectivity index (χ0) is 20.7. The summed E-state index contributed by atoms with van der Waals surface area (Å²) in [6.07, 6.45) is 8.86. The lowest BCUT2D eigenvalue weighted by atomic mass is 9.98. The van der Waals surface area contributed by atoms with Crippen LogP contribution in [-0.2, 0) is 14.8 Å². The molecule has 0 saturated heterocycles. The zero-order valence-corrected chi connectivity index (χ0v) is 18.4. The number of rotatable bonds is 9. The number of sulfonamides is 1. The third-order valence-corrected chi connectivity index (χ3v) is 6.37. The van der Waals surface area contributed by atoms with Gasteiger partial charge in [0.15, 0.2) is 0 Å². The Kier molecular flexibility index (Phi) is 8.10. The second kappa shape index (κ2) is 10.1. The summed E-state index contributed by atoms with van der Waals surface area (Å²) < 4.78 is 26.4. The standard InChI is InChI=1S/C22H34N2O3S/c1-17(2)20-13-8-10-18(3)22(20)24(28(4,26)27)15-9-14-21(25)23-16-19-11-6-5-7-12-19/h8,10-11,13,17H,5-7,9,12,14-16H2,1-4H3,(H,23,25). The van der Waals surface area contributed by atoms with E-state index in [0.29, 0.717) is 25.9 Å². The molecule has 5 nitrogen and oxygen atoms in total. The lowest BCUT2D eigenvalue weighted by Crippen LogP contribution is -2.33. The minimum atomic E-state index is -3.43. The lowest BCUT2D eigenvalue weighted by molar-refractivity contribution is -0.120. The molecule has 0 aliphatic heterocycles. The van der Waals surface area contributed by atoms with Crippen molar-refractivity contribution in [2.24, 2.45) is 0 Å². The smallest absolute Gasteiger partial charge is 0.232 e. The number of hydrogen-bond donors (Lipinski definition) is 1. The van der Waals surface area contributed by atoms with E-state index in [1.807, 2.05) is 25.1 Å². The number of benzene rings is 1. The summed E-state index contributed by atoms with van der Waals surface area (Å²) in [6.45, 7) is 6.98. The number of carbonyl (C=O) groups is 1. The first-order valence-electron chi connectivity index (χ1n) is 10.2. The fourth-order valence-corrected chi connectivity index (χ4v) is 4.72. The molecule has 0 radical (unpaired) electrons. The Morgan fingerprint density at radius 1 is 1.25 bits per heavy atom. The predicted molar refractivity (Wildman–Crippen MR) is 116 cm³/mol. The van der Waals surface area contributed by atoms with Gasteiger partial charge in [-0.1, -0.05) is 43.7 Å². The Hall–Kier alpha value is -1.82. The van der Waals surface area contributed by atoms with Crippen LogP contribution < -0.4 is 9.62 Å². The van der Waals surface area contributed by atoms with E-state index in [0.717, 1.165) is 29.7 Å². The molecule has 0 saturated carbocycles. The van der Waals surface area contributed by atoms with Crippen LogP contribution in [0.15, 0.2) is 29.8 Å². The van der Waals surface area contributed by atoms with E-state index in [4.69, 9.17) is 0 Å². The number of carbonyl (C=O) groups excluding carboxylic acids is 1. The summed E-state index contributed by atoms with van der Waals surface area (Å²) in [5.41, 5.74) is 4.01. The molecular formula is C22H34N2O3S. The molecule has 1 aromatic carbocycles. The topological polar surface area (TPSA) is 66.5 Å². The minimum Gasteiger partial charge on any atom is -0.352 e. The summed E-state index contributed by atoms with van der Waals surface area (Å²) in [7, 11) is -3.43. The van der Waals surface area contributed by atoms with Crippen molar-refractivity contribution in [2.45, 2.75) is 65.2 Å². The first kappa shape index (κ1) is 22.5. The van der Waals surface area contributed by atoms with E-state index in [1.165, 1.54) is 29.0 Å². The molecule has 0 heterocycles. The summed E-state index contributed by atoms with van der Waals surface area (Å²) >= 11 is 0. The van der Waals surface area contributed by atoms with Crippen molar-refractivity contribution in [3.63, 3.8) is 0 Å². The second-order valence-electron chi connectivity index (χ2n) is 7.99. The second-order valence-corrected chi connectivity index (χ2v) is 9.90. The summed E-state index contributed by atoms with van der Waals surface area (Å²) in [6, 6.07) is 5.88. The van der Waals surface area contributed by atoms with Gasteiger partial charge in [0.1, 0.15) is 0 Å². The molecule has 1 aliphatic rings. The van der Waals surface area contributed by atoms with E-state index in [-0.39, 0.29) is 11.8 Å². The van der Waals surface area contributed by atoms with Gasteiger partial charge in [-0.25, -0.2) is 8.42 Å². The first-order chi connectivity index (χ1) is 13.2. The van der Waals surface area contributed by atoms with Gasteiger partial charge in [0.2, 0.25) is 15.9 Å². The number of aryl methyl sites for hydroxylation is 1. The van der Waals surface area contributed by atoms with Gasteiger partial charge in [-0.05, 0) is 56.1 Å². The van der Waals surface area contributed by atoms with Crippen LogP contribution in [0.1, 0.15) is 69.4 Å². The van der Waals surface area contributed by atoms with Gasteiger partial charge in [-0.3, -0.25) is 9.10 Å².